The Morgan fingerprint density at radius 3 is 3.00 bits per heavy atom. The largest absolute Gasteiger partial charge is 0.476 e. The predicted octanol–water partition coefficient (Wildman–Crippen LogP) is 0.771. The first kappa shape index (κ1) is 9.25. The predicted molar refractivity (Wildman–Crippen MR) is 47.6 cm³/mol. The number of aromatic carboxylic acids is 1. The quantitative estimate of drug-likeness (QED) is 0.774. The van der Waals surface area contributed by atoms with Gasteiger partial charge in [-0.25, -0.2) is 9.78 Å². The summed E-state index contributed by atoms with van der Waals surface area (Å²) in [4.78, 5) is 14.4. The number of aromatic amines is 1. The molecule has 2 heterocycles. The van der Waals surface area contributed by atoms with Crippen molar-refractivity contribution in [3.63, 3.8) is 0 Å². The highest BCUT2D eigenvalue weighted by Crippen LogP contribution is 2.21. The standard InChI is InChI=1S/C8H7N3O4/c1-14-6-3-9-7(15-6)4-2-5(8(12)13)11-10-4/h2-3H,1H3,(H,10,11)(H,12,13). The molecule has 0 saturated carbocycles. The van der Waals surface area contributed by atoms with Crippen molar-refractivity contribution >= 4 is 5.97 Å². The lowest BCUT2D eigenvalue weighted by atomic mass is 10.3. The molecule has 0 bridgehead atoms. The van der Waals surface area contributed by atoms with Crippen LogP contribution in [0.3, 0.4) is 0 Å². The van der Waals surface area contributed by atoms with Gasteiger partial charge in [-0.15, -0.1) is 0 Å². The van der Waals surface area contributed by atoms with Gasteiger partial charge in [0.25, 0.3) is 0 Å². The number of ether oxygens (including phenoxy) is 1. The average Bonchev–Trinajstić information content (AvgIpc) is 2.86. The lowest BCUT2D eigenvalue weighted by Crippen LogP contribution is -1.95. The van der Waals surface area contributed by atoms with Crippen molar-refractivity contribution < 1.29 is 19.1 Å². The molecule has 0 amide bonds. The van der Waals surface area contributed by atoms with Crippen LogP contribution >= 0.6 is 0 Å². The summed E-state index contributed by atoms with van der Waals surface area (Å²) in [6, 6.07) is 1.33. The monoisotopic (exact) mass is 209 g/mol. The first-order chi connectivity index (χ1) is 7.20. The van der Waals surface area contributed by atoms with Crippen LogP contribution in [0.4, 0.5) is 0 Å². The second kappa shape index (κ2) is 3.45. The van der Waals surface area contributed by atoms with Gasteiger partial charge in [0.1, 0.15) is 11.9 Å². The van der Waals surface area contributed by atoms with E-state index in [9.17, 15) is 4.79 Å². The summed E-state index contributed by atoms with van der Waals surface area (Å²) in [5, 5.41) is 14.7. The number of H-pyrrole nitrogens is 1. The molecular weight excluding hydrogens is 202 g/mol. The van der Waals surface area contributed by atoms with Crippen molar-refractivity contribution in [2.45, 2.75) is 0 Å². The summed E-state index contributed by atoms with van der Waals surface area (Å²) < 4.78 is 9.91. The third-order valence-electron chi connectivity index (χ3n) is 1.71. The second-order valence-electron chi connectivity index (χ2n) is 2.66. The summed E-state index contributed by atoms with van der Waals surface area (Å²) in [5.41, 5.74) is 0.290. The zero-order valence-electron chi connectivity index (χ0n) is 7.72. The number of rotatable bonds is 3. The maximum atomic E-state index is 10.5. The summed E-state index contributed by atoms with van der Waals surface area (Å²) in [6.45, 7) is 0. The minimum atomic E-state index is -1.11. The van der Waals surface area contributed by atoms with Crippen LogP contribution in [-0.2, 0) is 0 Å². The summed E-state index contributed by atoms with van der Waals surface area (Å²) in [6.07, 6.45) is 1.39. The average molecular weight is 209 g/mol. The SMILES string of the molecule is COc1cnc(-c2cc(C(=O)O)n[nH]2)o1. The smallest absolute Gasteiger partial charge is 0.356 e. The number of aromatic nitrogens is 3. The molecule has 0 spiro atoms. The third kappa shape index (κ3) is 1.66. The number of methoxy groups -OCH3 is 1. The highest BCUT2D eigenvalue weighted by Gasteiger charge is 2.13. The highest BCUT2D eigenvalue weighted by molar-refractivity contribution is 5.86. The fourth-order valence-corrected chi connectivity index (χ4v) is 1.02. The molecule has 0 unspecified atom stereocenters. The van der Waals surface area contributed by atoms with Crippen molar-refractivity contribution in [2.75, 3.05) is 7.11 Å². The zero-order chi connectivity index (χ0) is 10.8. The minimum absolute atomic E-state index is 0.0952. The lowest BCUT2D eigenvalue weighted by Gasteiger charge is -1.89. The molecule has 78 valence electrons. The molecule has 2 aromatic rings. The first-order valence-electron chi connectivity index (χ1n) is 3.99. The topological polar surface area (TPSA) is 101 Å². The molecule has 2 rings (SSSR count). The lowest BCUT2D eigenvalue weighted by molar-refractivity contribution is 0.0690. The maximum absolute atomic E-state index is 10.5. The van der Waals surface area contributed by atoms with Gasteiger partial charge >= 0.3 is 11.9 Å². The van der Waals surface area contributed by atoms with Gasteiger partial charge in [0, 0.05) is 6.07 Å². The van der Waals surface area contributed by atoms with E-state index in [2.05, 4.69) is 15.2 Å². The van der Waals surface area contributed by atoms with Crippen LogP contribution < -0.4 is 4.74 Å². The fraction of sp³-hybridized carbons (Fsp3) is 0.125. The number of hydrogen-bond acceptors (Lipinski definition) is 5. The van der Waals surface area contributed by atoms with Crippen LogP contribution in [0.1, 0.15) is 10.5 Å². The van der Waals surface area contributed by atoms with Gasteiger partial charge in [0.2, 0.25) is 5.89 Å². The van der Waals surface area contributed by atoms with Crippen LogP contribution in [0, 0.1) is 0 Å². The summed E-state index contributed by atoms with van der Waals surface area (Å²) >= 11 is 0. The van der Waals surface area contributed by atoms with E-state index in [1.807, 2.05) is 0 Å². The van der Waals surface area contributed by atoms with Crippen molar-refractivity contribution in [2.24, 2.45) is 0 Å². The van der Waals surface area contributed by atoms with Crippen molar-refractivity contribution in [1.29, 1.82) is 0 Å². The number of hydrogen-bond donors (Lipinski definition) is 2. The molecule has 0 aliphatic rings. The molecule has 0 atom stereocenters. The zero-order valence-corrected chi connectivity index (χ0v) is 7.72. The molecule has 2 aromatic heterocycles. The normalized spacial score (nSPS) is 10.2. The van der Waals surface area contributed by atoms with E-state index in [0.29, 0.717) is 5.69 Å². The Labute approximate surface area is 83.7 Å². The minimum Gasteiger partial charge on any atom is -0.476 e. The Morgan fingerprint density at radius 2 is 2.47 bits per heavy atom. The molecule has 2 N–H and O–H groups in total. The van der Waals surface area contributed by atoms with E-state index in [-0.39, 0.29) is 17.5 Å². The van der Waals surface area contributed by atoms with Gasteiger partial charge in [-0.1, -0.05) is 0 Å². The van der Waals surface area contributed by atoms with Crippen LogP contribution in [0.15, 0.2) is 16.7 Å². The van der Waals surface area contributed by atoms with E-state index in [1.54, 1.807) is 0 Å². The van der Waals surface area contributed by atoms with Crippen LogP contribution in [-0.4, -0.2) is 33.4 Å². The van der Waals surface area contributed by atoms with Crippen LogP contribution in [0.5, 0.6) is 5.95 Å². The van der Waals surface area contributed by atoms with Crippen molar-refractivity contribution in [3.8, 4) is 17.5 Å². The fourth-order valence-electron chi connectivity index (χ4n) is 1.02. The van der Waals surface area contributed by atoms with Gasteiger partial charge in [-0.2, -0.15) is 5.10 Å². The third-order valence-corrected chi connectivity index (χ3v) is 1.71. The molecule has 7 nitrogen and oxygen atoms in total. The van der Waals surface area contributed by atoms with Gasteiger partial charge < -0.3 is 14.3 Å². The van der Waals surface area contributed by atoms with Gasteiger partial charge in [0.05, 0.1) is 7.11 Å². The van der Waals surface area contributed by atoms with E-state index >= 15 is 0 Å². The summed E-state index contributed by atoms with van der Waals surface area (Å²) in [5.74, 6) is -0.639. The molecule has 7 heteroatoms. The van der Waals surface area contributed by atoms with E-state index < -0.39 is 5.97 Å². The summed E-state index contributed by atoms with van der Waals surface area (Å²) in [7, 11) is 1.44. The second-order valence-corrected chi connectivity index (χ2v) is 2.66. The number of nitrogens with zero attached hydrogens (tertiary/aromatic N) is 2. The van der Waals surface area contributed by atoms with Gasteiger partial charge in [0.15, 0.2) is 5.69 Å². The number of carbonyl (C=O) groups is 1. The molecule has 0 aromatic carbocycles. The molecule has 0 fully saturated rings. The molecule has 15 heavy (non-hydrogen) atoms. The Hall–Kier alpha value is -2.31. The highest BCUT2D eigenvalue weighted by atomic mass is 16.6. The maximum Gasteiger partial charge on any atom is 0.356 e. The van der Waals surface area contributed by atoms with Crippen LogP contribution in [0.25, 0.3) is 11.6 Å². The van der Waals surface area contributed by atoms with Gasteiger partial charge in [-0.3, -0.25) is 5.10 Å². The Bertz CT molecular complexity index is 488. The van der Waals surface area contributed by atoms with E-state index in [4.69, 9.17) is 14.3 Å². The molecule has 0 aliphatic carbocycles. The Kier molecular flexibility index (Phi) is 2.13. The van der Waals surface area contributed by atoms with Gasteiger partial charge in [-0.05, 0) is 0 Å². The molecule has 0 radical (unpaired) electrons. The van der Waals surface area contributed by atoms with E-state index in [0.717, 1.165) is 0 Å². The van der Waals surface area contributed by atoms with Crippen molar-refractivity contribution in [3.05, 3.63) is 18.0 Å². The first-order valence-corrected chi connectivity index (χ1v) is 3.99. The van der Waals surface area contributed by atoms with Crippen LogP contribution in [0.2, 0.25) is 0 Å². The number of nitrogens with one attached hydrogen (secondary N) is 1. The molecular formula is C8H7N3O4. The Balaban J connectivity index is 2.32. The number of carboxylic acid groups (broad SMARTS) is 1. The molecule has 0 aliphatic heterocycles. The van der Waals surface area contributed by atoms with E-state index in [1.165, 1.54) is 19.4 Å². The number of carboxylic acids is 1. The van der Waals surface area contributed by atoms with Crippen molar-refractivity contribution in [1.82, 2.24) is 15.2 Å². The number of oxazole rings is 1. The Morgan fingerprint density at radius 1 is 1.67 bits per heavy atom. The molecule has 0 saturated heterocycles.